The zero-order valence-electron chi connectivity index (χ0n) is 11.5. The first-order valence-corrected chi connectivity index (χ1v) is 7.06. The summed E-state index contributed by atoms with van der Waals surface area (Å²) in [5.41, 5.74) is 0.458. The number of alkyl carbamates (subject to hydrolysis) is 1. The molecule has 5 heteroatoms. The first-order chi connectivity index (χ1) is 9.65. The zero-order valence-corrected chi connectivity index (χ0v) is 11.5. The van der Waals surface area contributed by atoms with Crippen LogP contribution in [0.1, 0.15) is 37.7 Å². The largest absolute Gasteiger partial charge is 0.508 e. The lowest BCUT2D eigenvalue weighted by Crippen LogP contribution is -2.26. The van der Waals surface area contributed by atoms with Gasteiger partial charge >= 0.3 is 6.09 Å². The molecule has 1 aliphatic carbocycles. The van der Waals surface area contributed by atoms with E-state index in [1.54, 1.807) is 0 Å². The monoisotopic (exact) mass is 279 g/mol. The van der Waals surface area contributed by atoms with Crippen LogP contribution in [-0.2, 0) is 11.3 Å². The molecule has 1 aliphatic rings. The van der Waals surface area contributed by atoms with Crippen molar-refractivity contribution in [2.45, 2.75) is 38.6 Å². The number of phenols is 2. The Kier molecular flexibility index (Phi) is 5.09. The normalized spacial score (nSPS) is 15.8. The standard InChI is InChI=1S/C15H21NO4/c17-13-6-7-14(18)12(8-13)9-16-15(19)20-10-11-4-2-1-3-5-11/h6-8,11,17-18H,1-5,9-10H2,(H,16,19). The van der Waals surface area contributed by atoms with Crippen LogP contribution in [0.3, 0.4) is 0 Å². The van der Waals surface area contributed by atoms with Crippen molar-refractivity contribution in [2.24, 2.45) is 5.92 Å². The highest BCUT2D eigenvalue weighted by atomic mass is 16.5. The quantitative estimate of drug-likeness (QED) is 0.740. The summed E-state index contributed by atoms with van der Waals surface area (Å²) in [4.78, 5) is 11.6. The van der Waals surface area contributed by atoms with Crippen LogP contribution in [0.2, 0.25) is 0 Å². The van der Waals surface area contributed by atoms with E-state index in [1.165, 1.54) is 37.5 Å². The van der Waals surface area contributed by atoms with Crippen LogP contribution in [0, 0.1) is 5.92 Å². The van der Waals surface area contributed by atoms with E-state index in [9.17, 15) is 15.0 Å². The maximum Gasteiger partial charge on any atom is 0.407 e. The third-order valence-electron chi connectivity index (χ3n) is 3.66. The summed E-state index contributed by atoms with van der Waals surface area (Å²) in [5.74, 6) is 0.564. The lowest BCUT2D eigenvalue weighted by atomic mass is 9.90. The molecule has 0 saturated heterocycles. The Bertz CT molecular complexity index is 455. The first-order valence-electron chi connectivity index (χ1n) is 7.06. The van der Waals surface area contributed by atoms with Gasteiger partial charge in [0.05, 0.1) is 6.61 Å². The van der Waals surface area contributed by atoms with Crippen molar-refractivity contribution in [3.05, 3.63) is 23.8 Å². The zero-order chi connectivity index (χ0) is 14.4. The molecule has 1 saturated carbocycles. The lowest BCUT2D eigenvalue weighted by molar-refractivity contribution is 0.115. The van der Waals surface area contributed by atoms with Crippen LogP contribution < -0.4 is 5.32 Å². The highest BCUT2D eigenvalue weighted by Crippen LogP contribution is 2.24. The number of phenolic OH excluding ortho intramolecular Hbond substituents is 2. The minimum atomic E-state index is -0.488. The van der Waals surface area contributed by atoms with Crippen molar-refractivity contribution in [1.82, 2.24) is 5.32 Å². The number of benzene rings is 1. The topological polar surface area (TPSA) is 78.8 Å². The summed E-state index contributed by atoms with van der Waals surface area (Å²) < 4.78 is 5.18. The smallest absolute Gasteiger partial charge is 0.407 e. The van der Waals surface area contributed by atoms with Gasteiger partial charge in [-0.15, -0.1) is 0 Å². The molecule has 0 atom stereocenters. The summed E-state index contributed by atoms with van der Waals surface area (Å²) in [6.45, 7) is 0.585. The van der Waals surface area contributed by atoms with Crippen LogP contribution in [0.15, 0.2) is 18.2 Å². The maximum atomic E-state index is 11.6. The lowest BCUT2D eigenvalue weighted by Gasteiger charge is -2.21. The number of carbonyl (C=O) groups excluding carboxylic acids is 1. The van der Waals surface area contributed by atoms with E-state index in [0.29, 0.717) is 18.1 Å². The van der Waals surface area contributed by atoms with Gasteiger partial charge in [-0.05, 0) is 37.0 Å². The maximum absolute atomic E-state index is 11.6. The molecule has 110 valence electrons. The number of amides is 1. The molecular formula is C15H21NO4. The Morgan fingerprint density at radius 2 is 2.00 bits per heavy atom. The fraction of sp³-hybridized carbons (Fsp3) is 0.533. The number of hydrogen-bond donors (Lipinski definition) is 3. The molecule has 0 radical (unpaired) electrons. The molecule has 0 bridgehead atoms. The third-order valence-corrected chi connectivity index (χ3v) is 3.66. The number of nitrogens with one attached hydrogen (secondary N) is 1. The number of ether oxygens (including phenoxy) is 1. The fourth-order valence-electron chi connectivity index (χ4n) is 2.48. The summed E-state index contributed by atoms with van der Waals surface area (Å²) in [6.07, 6.45) is 5.47. The van der Waals surface area contributed by atoms with Crippen molar-refractivity contribution in [3.63, 3.8) is 0 Å². The first kappa shape index (κ1) is 14.5. The predicted molar refractivity (Wildman–Crippen MR) is 74.5 cm³/mol. The Morgan fingerprint density at radius 3 is 2.75 bits per heavy atom. The molecule has 0 spiro atoms. The molecular weight excluding hydrogens is 258 g/mol. The van der Waals surface area contributed by atoms with Gasteiger partial charge in [0.25, 0.3) is 0 Å². The molecule has 0 heterocycles. The van der Waals surface area contributed by atoms with Crippen LogP contribution in [-0.4, -0.2) is 22.9 Å². The SMILES string of the molecule is O=C(NCc1cc(O)ccc1O)OCC1CCCCC1. The number of hydrogen-bond acceptors (Lipinski definition) is 4. The minimum absolute atomic E-state index is 0.0374. The van der Waals surface area contributed by atoms with Crippen molar-refractivity contribution < 1.29 is 19.7 Å². The van der Waals surface area contributed by atoms with Gasteiger partial charge in [0.1, 0.15) is 11.5 Å². The van der Waals surface area contributed by atoms with Crippen molar-refractivity contribution in [1.29, 1.82) is 0 Å². The average molecular weight is 279 g/mol. The molecule has 5 nitrogen and oxygen atoms in total. The molecule has 1 amide bonds. The van der Waals surface area contributed by atoms with Crippen LogP contribution in [0.25, 0.3) is 0 Å². The molecule has 1 aromatic carbocycles. The van der Waals surface area contributed by atoms with Gasteiger partial charge in [0.2, 0.25) is 0 Å². The second kappa shape index (κ2) is 7.03. The Labute approximate surface area is 118 Å². The van der Waals surface area contributed by atoms with Gasteiger partial charge in [-0.25, -0.2) is 4.79 Å². The summed E-state index contributed by atoms with van der Waals surface area (Å²) in [5, 5.41) is 21.5. The highest BCUT2D eigenvalue weighted by Gasteiger charge is 2.15. The number of aromatic hydroxyl groups is 2. The van der Waals surface area contributed by atoms with E-state index in [2.05, 4.69) is 5.32 Å². The van der Waals surface area contributed by atoms with E-state index < -0.39 is 6.09 Å². The van der Waals surface area contributed by atoms with Crippen molar-refractivity contribution >= 4 is 6.09 Å². The molecule has 0 unspecified atom stereocenters. The molecule has 1 aromatic rings. The van der Waals surface area contributed by atoms with E-state index >= 15 is 0 Å². The summed E-state index contributed by atoms with van der Waals surface area (Å²) in [6, 6.07) is 4.19. The summed E-state index contributed by atoms with van der Waals surface area (Å²) in [7, 11) is 0. The molecule has 0 aromatic heterocycles. The molecule has 2 rings (SSSR count). The van der Waals surface area contributed by atoms with Crippen LogP contribution in [0.4, 0.5) is 4.79 Å². The van der Waals surface area contributed by atoms with Gasteiger partial charge < -0.3 is 20.3 Å². The molecule has 3 N–H and O–H groups in total. The second-order valence-electron chi connectivity index (χ2n) is 5.27. The van der Waals surface area contributed by atoms with E-state index in [-0.39, 0.29) is 18.0 Å². The van der Waals surface area contributed by atoms with Crippen molar-refractivity contribution in [2.75, 3.05) is 6.61 Å². The molecule has 20 heavy (non-hydrogen) atoms. The predicted octanol–water partition coefficient (Wildman–Crippen LogP) is 2.90. The van der Waals surface area contributed by atoms with E-state index in [1.807, 2.05) is 0 Å². The minimum Gasteiger partial charge on any atom is -0.508 e. The number of carbonyl (C=O) groups is 1. The van der Waals surface area contributed by atoms with Gasteiger partial charge in [0.15, 0.2) is 0 Å². The molecule has 1 fully saturated rings. The van der Waals surface area contributed by atoms with Crippen LogP contribution in [0.5, 0.6) is 11.5 Å². The summed E-state index contributed by atoms with van der Waals surface area (Å²) >= 11 is 0. The van der Waals surface area contributed by atoms with Gasteiger partial charge in [-0.1, -0.05) is 19.3 Å². The third kappa shape index (κ3) is 4.33. The fourth-order valence-corrected chi connectivity index (χ4v) is 2.48. The average Bonchev–Trinajstić information content (AvgIpc) is 2.47. The van der Waals surface area contributed by atoms with Gasteiger partial charge in [-0.3, -0.25) is 0 Å². The Hall–Kier alpha value is -1.91. The van der Waals surface area contributed by atoms with Crippen LogP contribution >= 0.6 is 0 Å². The van der Waals surface area contributed by atoms with Gasteiger partial charge in [0, 0.05) is 12.1 Å². The number of rotatable bonds is 4. The molecule has 0 aliphatic heterocycles. The highest BCUT2D eigenvalue weighted by molar-refractivity contribution is 5.67. The van der Waals surface area contributed by atoms with Crippen molar-refractivity contribution in [3.8, 4) is 11.5 Å². The van der Waals surface area contributed by atoms with Gasteiger partial charge in [-0.2, -0.15) is 0 Å². The Morgan fingerprint density at radius 1 is 1.25 bits per heavy atom. The second-order valence-corrected chi connectivity index (χ2v) is 5.27. The Balaban J connectivity index is 1.73. The van der Waals surface area contributed by atoms with E-state index in [4.69, 9.17) is 4.74 Å². The van der Waals surface area contributed by atoms with E-state index in [0.717, 1.165) is 12.8 Å².